The molecule has 0 radical (unpaired) electrons. The highest BCUT2D eigenvalue weighted by atomic mass is 79.9. The van der Waals surface area contributed by atoms with Crippen LogP contribution in [-0.4, -0.2) is 42.3 Å². The minimum Gasteiger partial charge on any atom is -0.271 e. The van der Waals surface area contributed by atoms with Gasteiger partial charge in [0.2, 0.25) is 0 Å². The molecular formula is C16H19Br2ClN4O4S2. The Kier molecular flexibility index (Phi) is 9.19. The molecule has 0 amide bonds. The van der Waals surface area contributed by atoms with Gasteiger partial charge in [0, 0.05) is 40.1 Å². The Morgan fingerprint density at radius 2 is 1.59 bits per heavy atom. The molecule has 1 aliphatic rings. The second-order valence-electron chi connectivity index (χ2n) is 5.64. The van der Waals surface area contributed by atoms with Crippen molar-refractivity contribution < 1.29 is 16.8 Å². The highest BCUT2D eigenvalue weighted by molar-refractivity contribution is 9.10. The standard InChI is InChI=1S/C8H10BrClN2O2S.C8H9BrN2O2S/c9-7-1-3-8(4-2-7)12-15(13,14)11-6-5-10;9-7-1-3-8(4-2-7)11-6-5-10-14(11,12)13/h1-4,11-12H,5-6H2;1-4,10H,5-6H2. The fourth-order valence-electron chi connectivity index (χ4n) is 2.23. The van der Waals surface area contributed by atoms with Gasteiger partial charge in [-0.15, -0.1) is 11.6 Å². The van der Waals surface area contributed by atoms with Crippen LogP contribution in [0, 0.1) is 0 Å². The summed E-state index contributed by atoms with van der Waals surface area (Å²) >= 11 is 11.9. The molecule has 0 atom stereocenters. The lowest BCUT2D eigenvalue weighted by molar-refractivity contribution is 0.588. The lowest BCUT2D eigenvalue weighted by atomic mass is 10.3. The van der Waals surface area contributed by atoms with Crippen molar-refractivity contribution in [3.8, 4) is 0 Å². The molecule has 160 valence electrons. The van der Waals surface area contributed by atoms with Crippen LogP contribution in [0.1, 0.15) is 0 Å². The van der Waals surface area contributed by atoms with E-state index >= 15 is 0 Å². The van der Waals surface area contributed by atoms with Crippen LogP contribution in [0.4, 0.5) is 11.4 Å². The van der Waals surface area contributed by atoms with Gasteiger partial charge in [0.1, 0.15) is 0 Å². The molecule has 8 nitrogen and oxygen atoms in total. The van der Waals surface area contributed by atoms with Crippen molar-refractivity contribution in [2.75, 3.05) is 34.5 Å². The van der Waals surface area contributed by atoms with E-state index in [0.717, 1.165) is 8.95 Å². The first-order valence-corrected chi connectivity index (χ1v) is 13.3. The highest BCUT2D eigenvalue weighted by Crippen LogP contribution is 2.22. The second kappa shape index (κ2) is 10.9. The minimum atomic E-state index is -3.51. The number of nitrogens with zero attached hydrogens (tertiary/aromatic N) is 1. The molecule has 0 saturated carbocycles. The summed E-state index contributed by atoms with van der Waals surface area (Å²) in [6.45, 7) is 1.16. The summed E-state index contributed by atoms with van der Waals surface area (Å²) in [5.41, 5.74) is 1.19. The monoisotopic (exact) mass is 588 g/mol. The Morgan fingerprint density at radius 1 is 1.03 bits per heavy atom. The summed E-state index contributed by atoms with van der Waals surface area (Å²) in [7, 11) is -6.79. The molecule has 2 aromatic rings. The average Bonchev–Trinajstić information content (AvgIpc) is 3.02. The lowest BCUT2D eigenvalue weighted by Crippen LogP contribution is -2.31. The highest BCUT2D eigenvalue weighted by Gasteiger charge is 2.27. The van der Waals surface area contributed by atoms with E-state index in [1.165, 1.54) is 4.31 Å². The van der Waals surface area contributed by atoms with E-state index < -0.39 is 20.4 Å². The average molecular weight is 591 g/mol. The van der Waals surface area contributed by atoms with Crippen LogP contribution in [-0.2, 0) is 20.4 Å². The van der Waals surface area contributed by atoms with Gasteiger partial charge in [-0.05, 0) is 48.5 Å². The molecule has 1 saturated heterocycles. The number of rotatable bonds is 6. The largest absolute Gasteiger partial charge is 0.301 e. The fraction of sp³-hybridized carbons (Fsp3) is 0.250. The van der Waals surface area contributed by atoms with Crippen LogP contribution in [0.2, 0.25) is 0 Å². The summed E-state index contributed by atoms with van der Waals surface area (Å²) in [5.74, 6) is 0.237. The van der Waals surface area contributed by atoms with E-state index in [0.29, 0.717) is 24.5 Å². The molecular weight excluding hydrogens is 572 g/mol. The van der Waals surface area contributed by atoms with Gasteiger partial charge < -0.3 is 0 Å². The van der Waals surface area contributed by atoms with Gasteiger partial charge in [0.15, 0.2) is 0 Å². The fourth-order valence-corrected chi connectivity index (χ4v) is 5.09. The van der Waals surface area contributed by atoms with Gasteiger partial charge in [0.05, 0.1) is 5.69 Å². The van der Waals surface area contributed by atoms with Crippen LogP contribution in [0.3, 0.4) is 0 Å². The maximum atomic E-state index is 11.5. The lowest BCUT2D eigenvalue weighted by Gasteiger charge is -2.15. The first-order chi connectivity index (χ1) is 13.6. The second-order valence-corrected chi connectivity index (χ2v) is 11.0. The third-order valence-electron chi connectivity index (χ3n) is 3.49. The van der Waals surface area contributed by atoms with Crippen molar-refractivity contribution in [3.05, 3.63) is 57.5 Å². The molecule has 0 unspecified atom stereocenters. The number of hydrogen-bond acceptors (Lipinski definition) is 4. The topological polar surface area (TPSA) is 108 Å². The number of benzene rings is 2. The number of hydrogen-bond donors (Lipinski definition) is 3. The molecule has 0 aliphatic carbocycles. The van der Waals surface area contributed by atoms with Crippen molar-refractivity contribution in [1.29, 1.82) is 0 Å². The van der Waals surface area contributed by atoms with Gasteiger partial charge in [-0.25, -0.2) is 0 Å². The number of anilines is 2. The Hall–Kier alpha value is -0.890. The SMILES string of the molecule is O=S(=O)(NCCCl)Nc1ccc(Br)cc1.O=S1(=O)NCCN1c1ccc(Br)cc1. The molecule has 0 bridgehead atoms. The molecule has 0 aromatic heterocycles. The minimum absolute atomic E-state index is 0.202. The molecule has 0 spiro atoms. The van der Waals surface area contributed by atoms with E-state index in [1.807, 2.05) is 12.1 Å². The number of halogens is 3. The zero-order valence-corrected chi connectivity index (χ0v) is 20.5. The van der Waals surface area contributed by atoms with Crippen LogP contribution >= 0.6 is 43.5 Å². The van der Waals surface area contributed by atoms with Crippen LogP contribution in [0.5, 0.6) is 0 Å². The summed E-state index contributed by atoms with van der Waals surface area (Å²) < 4.78 is 55.9. The molecule has 1 aliphatic heterocycles. The Morgan fingerprint density at radius 3 is 2.07 bits per heavy atom. The van der Waals surface area contributed by atoms with Crippen molar-refractivity contribution in [2.45, 2.75) is 0 Å². The zero-order chi connectivity index (χ0) is 21.5. The van der Waals surface area contributed by atoms with E-state index in [9.17, 15) is 16.8 Å². The van der Waals surface area contributed by atoms with Gasteiger partial charge in [-0.2, -0.15) is 26.3 Å². The first-order valence-electron chi connectivity index (χ1n) is 8.25. The summed E-state index contributed by atoms with van der Waals surface area (Å²) in [5, 5.41) is 0. The van der Waals surface area contributed by atoms with E-state index in [4.69, 9.17) is 11.6 Å². The van der Waals surface area contributed by atoms with Gasteiger partial charge in [0.25, 0.3) is 10.2 Å². The summed E-state index contributed by atoms with van der Waals surface area (Å²) in [6.07, 6.45) is 0. The predicted octanol–water partition coefficient (Wildman–Crippen LogP) is 3.04. The third-order valence-corrected chi connectivity index (χ3v) is 7.36. The van der Waals surface area contributed by atoms with Crippen molar-refractivity contribution in [2.24, 2.45) is 0 Å². The predicted molar refractivity (Wildman–Crippen MR) is 124 cm³/mol. The van der Waals surface area contributed by atoms with Crippen molar-refractivity contribution in [3.63, 3.8) is 0 Å². The van der Waals surface area contributed by atoms with Crippen LogP contribution < -0.4 is 18.5 Å². The zero-order valence-electron chi connectivity index (χ0n) is 15.0. The molecule has 1 heterocycles. The maximum absolute atomic E-state index is 11.5. The third kappa shape index (κ3) is 8.04. The molecule has 2 aromatic carbocycles. The van der Waals surface area contributed by atoms with Crippen molar-refractivity contribution in [1.82, 2.24) is 9.44 Å². The Balaban J connectivity index is 0.000000207. The van der Waals surface area contributed by atoms with E-state index in [-0.39, 0.29) is 12.4 Å². The molecule has 1 fully saturated rings. The van der Waals surface area contributed by atoms with Crippen molar-refractivity contribution >= 4 is 75.3 Å². The number of alkyl halides is 1. The van der Waals surface area contributed by atoms with Crippen LogP contribution in [0.15, 0.2) is 57.5 Å². The van der Waals surface area contributed by atoms with Gasteiger partial charge in [-0.3, -0.25) is 9.03 Å². The molecule has 3 rings (SSSR count). The summed E-state index contributed by atoms with van der Waals surface area (Å²) in [4.78, 5) is 0. The van der Waals surface area contributed by atoms with Crippen LogP contribution in [0.25, 0.3) is 0 Å². The maximum Gasteiger partial charge on any atom is 0.301 e. The van der Waals surface area contributed by atoms with Gasteiger partial charge in [-0.1, -0.05) is 31.9 Å². The quantitative estimate of drug-likeness (QED) is 0.450. The van der Waals surface area contributed by atoms with Gasteiger partial charge >= 0.3 is 10.2 Å². The first kappa shape index (κ1) is 24.4. The smallest absolute Gasteiger partial charge is 0.271 e. The Bertz CT molecular complexity index is 1000. The summed E-state index contributed by atoms with van der Waals surface area (Å²) in [6, 6.07) is 14.0. The normalized spacial score (nSPS) is 15.5. The van der Waals surface area contributed by atoms with E-state index in [1.54, 1.807) is 36.4 Å². The molecule has 29 heavy (non-hydrogen) atoms. The molecule has 3 N–H and O–H groups in total. The number of nitrogens with one attached hydrogen (secondary N) is 3. The van der Waals surface area contributed by atoms with E-state index in [2.05, 4.69) is 46.0 Å². The molecule has 13 heteroatoms. The Labute approximate surface area is 192 Å².